The molecule has 0 aliphatic carbocycles. The Bertz CT molecular complexity index is 256. The highest BCUT2D eigenvalue weighted by atomic mass is 16.3. The molecule has 0 aromatic carbocycles. The number of hydrogen-bond donors (Lipinski definition) is 4. The average molecular weight is 245 g/mol. The first-order chi connectivity index (χ1) is 7.86. The Kier molecular flexibility index (Phi) is 7.29. The molecule has 0 rings (SSSR count). The Morgan fingerprint density at radius 2 is 1.94 bits per heavy atom. The fraction of sp³-hybridized carbons (Fsp3) is 0.818. The molecule has 0 bridgehead atoms. The van der Waals surface area contributed by atoms with Crippen molar-refractivity contribution >= 4 is 11.9 Å². The molecular weight excluding hydrogens is 222 g/mol. The predicted molar refractivity (Wildman–Crippen MR) is 65.3 cm³/mol. The van der Waals surface area contributed by atoms with Gasteiger partial charge < -0.3 is 21.5 Å². The van der Waals surface area contributed by atoms with Crippen LogP contribution in [0.2, 0.25) is 0 Å². The van der Waals surface area contributed by atoms with Gasteiger partial charge in [-0.2, -0.15) is 0 Å². The molecule has 0 spiro atoms. The van der Waals surface area contributed by atoms with Crippen molar-refractivity contribution in [2.24, 2.45) is 11.7 Å². The molecule has 6 heteroatoms. The van der Waals surface area contributed by atoms with Gasteiger partial charge in [0.25, 0.3) is 0 Å². The maximum absolute atomic E-state index is 11.7. The maximum Gasteiger partial charge on any atom is 0.312 e. The van der Waals surface area contributed by atoms with Crippen LogP contribution < -0.4 is 16.4 Å². The van der Waals surface area contributed by atoms with Crippen LogP contribution in [0.3, 0.4) is 0 Å². The van der Waals surface area contributed by atoms with Gasteiger partial charge in [-0.25, -0.2) is 4.79 Å². The molecule has 100 valence electrons. The summed E-state index contributed by atoms with van der Waals surface area (Å²) in [7, 11) is 0. The number of carbonyl (C=O) groups is 2. The number of nitrogens with two attached hydrogens (primary N) is 1. The van der Waals surface area contributed by atoms with E-state index in [0.717, 1.165) is 0 Å². The normalized spacial score (nSPS) is 14.2. The molecule has 5 N–H and O–H groups in total. The molecule has 3 amide bonds. The van der Waals surface area contributed by atoms with Crippen LogP contribution in [-0.2, 0) is 4.79 Å². The summed E-state index contributed by atoms with van der Waals surface area (Å²) < 4.78 is 0. The summed E-state index contributed by atoms with van der Waals surface area (Å²) >= 11 is 0. The third-order valence-electron chi connectivity index (χ3n) is 2.32. The first-order valence-corrected chi connectivity index (χ1v) is 5.88. The highest BCUT2D eigenvalue weighted by Gasteiger charge is 2.21. The third-order valence-corrected chi connectivity index (χ3v) is 2.32. The van der Waals surface area contributed by atoms with Gasteiger partial charge in [-0.05, 0) is 18.8 Å². The summed E-state index contributed by atoms with van der Waals surface area (Å²) in [6, 6.07) is -1.36. The monoisotopic (exact) mass is 245 g/mol. The minimum absolute atomic E-state index is 0.185. The summed E-state index contributed by atoms with van der Waals surface area (Å²) in [6.45, 7) is 5.90. The lowest BCUT2D eigenvalue weighted by atomic mass is 10.0. The van der Waals surface area contributed by atoms with E-state index in [0.29, 0.717) is 12.8 Å². The van der Waals surface area contributed by atoms with Crippen molar-refractivity contribution in [1.29, 1.82) is 0 Å². The summed E-state index contributed by atoms with van der Waals surface area (Å²) in [5.41, 5.74) is 5.01. The van der Waals surface area contributed by atoms with Crippen LogP contribution in [0.1, 0.15) is 33.6 Å². The van der Waals surface area contributed by atoms with E-state index in [1.54, 1.807) is 0 Å². The molecule has 0 aliphatic rings. The molecule has 0 aliphatic heterocycles. The van der Waals surface area contributed by atoms with Crippen LogP contribution in [0.25, 0.3) is 0 Å². The number of amides is 3. The SMILES string of the molecule is CCC(O)CNC(=O)C(CC(C)C)NC(N)=O. The zero-order valence-electron chi connectivity index (χ0n) is 10.7. The predicted octanol–water partition coefficient (Wildman–Crippen LogP) is -0.0435. The topological polar surface area (TPSA) is 104 Å². The maximum atomic E-state index is 11.7. The van der Waals surface area contributed by atoms with Gasteiger partial charge in [0.05, 0.1) is 6.10 Å². The zero-order valence-corrected chi connectivity index (χ0v) is 10.7. The standard InChI is InChI=1S/C11H23N3O3/c1-4-8(15)6-13-10(16)9(5-7(2)3)14-11(12)17/h7-9,15H,4-6H2,1-3H3,(H,13,16)(H3,12,14,17). The van der Waals surface area contributed by atoms with Gasteiger partial charge in [0.2, 0.25) is 5.91 Å². The van der Waals surface area contributed by atoms with Gasteiger partial charge in [0.15, 0.2) is 0 Å². The fourth-order valence-corrected chi connectivity index (χ4v) is 1.36. The Balaban J connectivity index is 4.26. The highest BCUT2D eigenvalue weighted by Crippen LogP contribution is 2.04. The van der Waals surface area contributed by atoms with E-state index < -0.39 is 18.2 Å². The minimum Gasteiger partial charge on any atom is -0.391 e. The largest absolute Gasteiger partial charge is 0.391 e. The van der Waals surface area contributed by atoms with Crippen LogP contribution in [0.4, 0.5) is 4.79 Å². The van der Waals surface area contributed by atoms with Gasteiger partial charge in [-0.3, -0.25) is 4.79 Å². The molecule has 0 saturated carbocycles. The Hall–Kier alpha value is -1.30. The van der Waals surface area contributed by atoms with E-state index in [9.17, 15) is 14.7 Å². The second-order valence-electron chi connectivity index (χ2n) is 4.50. The molecule has 0 fully saturated rings. The number of aliphatic hydroxyl groups is 1. The number of primary amides is 1. The molecule has 0 radical (unpaired) electrons. The van der Waals surface area contributed by atoms with Gasteiger partial charge in [0.1, 0.15) is 6.04 Å². The first-order valence-electron chi connectivity index (χ1n) is 5.88. The number of nitrogens with one attached hydrogen (secondary N) is 2. The average Bonchev–Trinajstić information content (AvgIpc) is 2.23. The van der Waals surface area contributed by atoms with Gasteiger partial charge in [0, 0.05) is 6.54 Å². The first kappa shape index (κ1) is 15.7. The quantitative estimate of drug-likeness (QED) is 0.505. The Morgan fingerprint density at radius 3 is 2.35 bits per heavy atom. The van der Waals surface area contributed by atoms with Crippen molar-refractivity contribution in [3.8, 4) is 0 Å². The van der Waals surface area contributed by atoms with Crippen LogP contribution in [0.15, 0.2) is 0 Å². The van der Waals surface area contributed by atoms with Crippen LogP contribution >= 0.6 is 0 Å². The van der Waals surface area contributed by atoms with Crippen molar-refractivity contribution in [1.82, 2.24) is 10.6 Å². The molecule has 2 atom stereocenters. The molecule has 0 saturated heterocycles. The second kappa shape index (κ2) is 7.89. The van der Waals surface area contributed by atoms with Crippen molar-refractivity contribution in [2.75, 3.05) is 6.54 Å². The van der Waals surface area contributed by atoms with E-state index in [-0.39, 0.29) is 18.4 Å². The molecule has 0 aromatic heterocycles. The van der Waals surface area contributed by atoms with Crippen molar-refractivity contribution < 1.29 is 14.7 Å². The number of hydrogen-bond acceptors (Lipinski definition) is 3. The number of carbonyl (C=O) groups excluding carboxylic acids is 2. The fourth-order valence-electron chi connectivity index (χ4n) is 1.36. The van der Waals surface area contributed by atoms with Gasteiger partial charge in [-0.15, -0.1) is 0 Å². The smallest absolute Gasteiger partial charge is 0.312 e. The van der Waals surface area contributed by atoms with Crippen LogP contribution in [-0.4, -0.2) is 35.7 Å². The van der Waals surface area contributed by atoms with Crippen LogP contribution in [0, 0.1) is 5.92 Å². The summed E-state index contributed by atoms with van der Waals surface area (Å²) in [6.07, 6.45) is 0.516. The van der Waals surface area contributed by atoms with Crippen molar-refractivity contribution in [3.05, 3.63) is 0 Å². The Morgan fingerprint density at radius 1 is 1.35 bits per heavy atom. The minimum atomic E-state index is -0.721. The lowest BCUT2D eigenvalue weighted by molar-refractivity contribution is -0.123. The molecule has 17 heavy (non-hydrogen) atoms. The zero-order chi connectivity index (χ0) is 13.4. The summed E-state index contributed by atoms with van der Waals surface area (Å²) in [5.74, 6) is -0.0568. The number of urea groups is 1. The van der Waals surface area contributed by atoms with Gasteiger partial charge in [-0.1, -0.05) is 20.8 Å². The van der Waals surface area contributed by atoms with Crippen molar-refractivity contribution in [2.45, 2.75) is 45.8 Å². The Labute approximate surface area is 102 Å². The number of rotatable bonds is 7. The van der Waals surface area contributed by atoms with E-state index >= 15 is 0 Å². The molecular formula is C11H23N3O3. The molecule has 2 unspecified atom stereocenters. The third kappa shape index (κ3) is 7.57. The molecule has 0 aromatic rings. The second-order valence-corrected chi connectivity index (χ2v) is 4.50. The number of aliphatic hydroxyl groups excluding tert-OH is 1. The lowest BCUT2D eigenvalue weighted by Gasteiger charge is -2.19. The molecule has 6 nitrogen and oxygen atoms in total. The lowest BCUT2D eigenvalue weighted by Crippen LogP contribution is -2.50. The summed E-state index contributed by atoms with van der Waals surface area (Å²) in [5, 5.41) is 14.3. The van der Waals surface area contributed by atoms with E-state index in [1.165, 1.54) is 0 Å². The molecule has 0 heterocycles. The van der Waals surface area contributed by atoms with E-state index in [1.807, 2.05) is 20.8 Å². The van der Waals surface area contributed by atoms with E-state index in [4.69, 9.17) is 5.73 Å². The van der Waals surface area contributed by atoms with Gasteiger partial charge >= 0.3 is 6.03 Å². The summed E-state index contributed by atoms with van der Waals surface area (Å²) in [4.78, 5) is 22.5. The van der Waals surface area contributed by atoms with Crippen LogP contribution in [0.5, 0.6) is 0 Å². The van der Waals surface area contributed by atoms with Crippen molar-refractivity contribution in [3.63, 3.8) is 0 Å². The highest BCUT2D eigenvalue weighted by molar-refractivity contribution is 5.86. The van der Waals surface area contributed by atoms with E-state index in [2.05, 4.69) is 10.6 Å².